The summed E-state index contributed by atoms with van der Waals surface area (Å²) in [6.07, 6.45) is 0.178. The Labute approximate surface area is 276 Å². The first-order valence-corrected chi connectivity index (χ1v) is 16.4. The molecule has 0 bridgehead atoms. The molecule has 224 valence electrons. The largest absolute Gasteiger partial charge is 0.451 e. The number of carbonyl (C=O) groups is 4. The summed E-state index contributed by atoms with van der Waals surface area (Å²) >= 11 is 13.7. The number of benzene rings is 3. The maximum atomic E-state index is 13.5. The van der Waals surface area contributed by atoms with Crippen molar-refractivity contribution >= 4 is 83.6 Å². The summed E-state index contributed by atoms with van der Waals surface area (Å²) in [7, 11) is 0. The third-order valence-electron chi connectivity index (χ3n) is 8.43. The van der Waals surface area contributed by atoms with Gasteiger partial charge in [-0.2, -0.15) is 0 Å². The fraction of sp³-hybridized carbons (Fsp3) is 0.265. The van der Waals surface area contributed by atoms with Gasteiger partial charge in [-0.05, 0) is 56.5 Å². The first-order chi connectivity index (χ1) is 21.0. The van der Waals surface area contributed by atoms with Crippen LogP contribution < -0.4 is 4.90 Å². The van der Waals surface area contributed by atoms with Gasteiger partial charge in [-0.1, -0.05) is 92.0 Å². The number of hydrogen-bond acceptors (Lipinski definition) is 6. The van der Waals surface area contributed by atoms with E-state index in [4.69, 9.17) is 21.3 Å². The molecular formula is C34H27Br2ClN2O5. The van der Waals surface area contributed by atoms with Crippen molar-refractivity contribution in [2.75, 3.05) is 4.90 Å². The highest BCUT2D eigenvalue weighted by atomic mass is 79.9. The van der Waals surface area contributed by atoms with Gasteiger partial charge in [0.25, 0.3) is 0 Å². The number of alkyl halides is 2. The van der Waals surface area contributed by atoms with E-state index in [0.717, 1.165) is 0 Å². The monoisotopic (exact) mass is 736 g/mol. The van der Waals surface area contributed by atoms with Crippen LogP contribution in [0.25, 0.3) is 22.2 Å². The number of esters is 1. The summed E-state index contributed by atoms with van der Waals surface area (Å²) in [5.74, 6) is -2.04. The van der Waals surface area contributed by atoms with E-state index in [1.807, 2.05) is 13.0 Å². The van der Waals surface area contributed by atoms with Gasteiger partial charge < -0.3 is 4.74 Å². The second kappa shape index (κ2) is 12.2. The van der Waals surface area contributed by atoms with Crippen molar-refractivity contribution in [1.29, 1.82) is 0 Å². The summed E-state index contributed by atoms with van der Waals surface area (Å²) < 4.78 is 5.66. The predicted octanol–water partition coefficient (Wildman–Crippen LogP) is 7.72. The van der Waals surface area contributed by atoms with Crippen molar-refractivity contribution in [1.82, 2.24) is 4.98 Å². The van der Waals surface area contributed by atoms with Gasteiger partial charge in [-0.25, -0.2) is 9.78 Å². The molecule has 1 aliphatic carbocycles. The molecule has 44 heavy (non-hydrogen) atoms. The summed E-state index contributed by atoms with van der Waals surface area (Å²) in [5.41, 5.74) is 3.53. The normalized spacial score (nSPS) is 22.2. The molecule has 7 nitrogen and oxygen atoms in total. The molecule has 0 spiro atoms. The van der Waals surface area contributed by atoms with E-state index >= 15 is 0 Å². The predicted molar refractivity (Wildman–Crippen MR) is 177 cm³/mol. The number of aryl methyl sites for hydroxylation is 1. The van der Waals surface area contributed by atoms with Crippen molar-refractivity contribution in [3.63, 3.8) is 0 Å². The molecule has 0 radical (unpaired) electrons. The zero-order chi connectivity index (χ0) is 31.3. The molecule has 2 fully saturated rings. The number of ether oxygens (including phenoxy) is 1. The number of halogens is 3. The molecule has 5 atom stereocenters. The lowest BCUT2D eigenvalue weighted by atomic mass is 9.81. The number of fused-ring (bicyclic) bond motifs is 2. The van der Waals surface area contributed by atoms with E-state index in [0.29, 0.717) is 56.8 Å². The lowest BCUT2D eigenvalue weighted by molar-refractivity contribution is -0.122. The fourth-order valence-corrected chi connectivity index (χ4v) is 7.36. The lowest BCUT2D eigenvalue weighted by Crippen LogP contribution is -2.34. The van der Waals surface area contributed by atoms with E-state index in [1.165, 1.54) is 4.90 Å². The first-order valence-electron chi connectivity index (χ1n) is 14.2. The van der Waals surface area contributed by atoms with Gasteiger partial charge in [-0.3, -0.25) is 19.3 Å². The third-order valence-corrected chi connectivity index (χ3v) is 11.6. The molecule has 2 heterocycles. The highest BCUT2D eigenvalue weighted by Crippen LogP contribution is 2.44. The minimum absolute atomic E-state index is 0.124. The number of Topliss-reactive ketones (excluding diaryl/α,β-unsaturated/α-hetero) is 1. The Kier molecular flexibility index (Phi) is 8.48. The number of hydrogen-bond donors (Lipinski definition) is 0. The Morgan fingerprint density at radius 3 is 2.16 bits per heavy atom. The van der Waals surface area contributed by atoms with Crippen LogP contribution in [0.1, 0.15) is 46.0 Å². The molecule has 1 aliphatic heterocycles. The Morgan fingerprint density at radius 1 is 0.932 bits per heavy atom. The van der Waals surface area contributed by atoms with E-state index < -0.39 is 12.1 Å². The van der Waals surface area contributed by atoms with Crippen LogP contribution in [0.5, 0.6) is 0 Å². The van der Waals surface area contributed by atoms with Gasteiger partial charge in [-0.15, -0.1) is 0 Å². The van der Waals surface area contributed by atoms with Crippen LogP contribution in [-0.2, 0) is 14.3 Å². The van der Waals surface area contributed by atoms with Crippen LogP contribution in [-0.4, -0.2) is 44.3 Å². The van der Waals surface area contributed by atoms with E-state index in [2.05, 4.69) is 31.9 Å². The van der Waals surface area contributed by atoms with E-state index in [9.17, 15) is 19.2 Å². The summed E-state index contributed by atoms with van der Waals surface area (Å²) in [5, 5.41) is 1.04. The molecule has 3 aromatic carbocycles. The topological polar surface area (TPSA) is 93.6 Å². The van der Waals surface area contributed by atoms with Crippen molar-refractivity contribution in [2.24, 2.45) is 11.8 Å². The van der Waals surface area contributed by atoms with E-state index in [-0.39, 0.29) is 44.7 Å². The Bertz CT molecular complexity index is 1790. The van der Waals surface area contributed by atoms with E-state index in [1.54, 1.807) is 73.7 Å². The minimum atomic E-state index is -1.01. The summed E-state index contributed by atoms with van der Waals surface area (Å²) in [6.45, 7) is 3.37. The Hall–Kier alpha value is -3.40. The van der Waals surface area contributed by atoms with Gasteiger partial charge in [0.05, 0.1) is 34.3 Å². The number of nitrogens with zero attached hydrogens (tertiary/aromatic N) is 2. The lowest BCUT2D eigenvalue weighted by Gasteiger charge is -2.29. The van der Waals surface area contributed by atoms with Gasteiger partial charge in [0.2, 0.25) is 17.6 Å². The zero-order valence-electron chi connectivity index (χ0n) is 23.8. The maximum absolute atomic E-state index is 13.5. The van der Waals surface area contributed by atoms with Crippen molar-refractivity contribution < 1.29 is 23.9 Å². The number of aromatic nitrogens is 1. The molecule has 1 saturated heterocycles. The molecule has 6 rings (SSSR count). The molecule has 2 aliphatic rings. The Morgan fingerprint density at radius 2 is 1.55 bits per heavy atom. The average molecular weight is 739 g/mol. The number of imide groups is 1. The maximum Gasteiger partial charge on any atom is 0.339 e. The van der Waals surface area contributed by atoms with Crippen LogP contribution in [0.15, 0.2) is 72.8 Å². The molecule has 5 unspecified atom stereocenters. The number of pyridine rings is 1. The summed E-state index contributed by atoms with van der Waals surface area (Å²) in [6, 6.07) is 20.7. The number of carbonyl (C=O) groups excluding carboxylic acids is 4. The highest BCUT2D eigenvalue weighted by molar-refractivity contribution is 9.12. The molecule has 1 saturated carbocycles. The molecule has 0 N–H and O–H groups in total. The van der Waals surface area contributed by atoms with Crippen LogP contribution in [0, 0.1) is 18.8 Å². The fourth-order valence-electron chi connectivity index (χ4n) is 5.97. The van der Waals surface area contributed by atoms with Gasteiger partial charge >= 0.3 is 5.97 Å². The molecule has 10 heteroatoms. The van der Waals surface area contributed by atoms with Crippen molar-refractivity contribution in [3.8, 4) is 11.3 Å². The number of rotatable bonds is 6. The minimum Gasteiger partial charge on any atom is -0.451 e. The number of amides is 2. The van der Waals surface area contributed by atoms with Crippen LogP contribution >= 0.6 is 43.5 Å². The first kappa shape index (κ1) is 30.6. The van der Waals surface area contributed by atoms with Crippen LogP contribution in [0.4, 0.5) is 5.69 Å². The van der Waals surface area contributed by atoms with Crippen molar-refractivity contribution in [2.45, 2.75) is 42.4 Å². The third kappa shape index (κ3) is 5.50. The number of anilines is 1. The second-order valence-corrected chi connectivity index (χ2v) is 13.9. The quantitative estimate of drug-likeness (QED) is 0.0871. The van der Waals surface area contributed by atoms with Gasteiger partial charge in [0, 0.05) is 31.2 Å². The zero-order valence-corrected chi connectivity index (χ0v) is 27.7. The SMILES string of the molecule is Cc1c(Cl)ccc2c(C(=O)OC(C)C(=O)c3ccccc3)cc(-c3ccc(N4C(=O)C5CC(Br)C(Br)CC5C4=O)cc3)nc12. The van der Waals surface area contributed by atoms with Crippen LogP contribution in [0.3, 0.4) is 0 Å². The van der Waals surface area contributed by atoms with Gasteiger partial charge in [0.1, 0.15) is 0 Å². The second-order valence-electron chi connectivity index (χ2n) is 11.2. The standard InChI is InChI=1S/C34H27Br2ClN2O5/c1-17-28(37)13-12-22-25(34(43)44-18(2)31(40)20-6-4-3-5-7-20)16-29(38-30(17)22)19-8-10-21(11-9-19)39-32(41)23-14-26(35)27(36)15-24(23)33(39)42/h3-13,16,18,23-24,26-27H,14-15H2,1-2H3. The molecular weight excluding hydrogens is 712 g/mol. The smallest absolute Gasteiger partial charge is 0.339 e. The molecule has 2 amide bonds. The van der Waals surface area contributed by atoms with Crippen molar-refractivity contribution in [3.05, 3.63) is 94.5 Å². The highest BCUT2D eigenvalue weighted by Gasteiger charge is 2.52. The van der Waals surface area contributed by atoms with Crippen LogP contribution in [0.2, 0.25) is 5.02 Å². The number of ketones is 1. The summed E-state index contributed by atoms with van der Waals surface area (Å²) in [4.78, 5) is 59.4. The molecule has 1 aromatic heterocycles. The average Bonchev–Trinajstić information content (AvgIpc) is 3.26. The Balaban J connectivity index is 1.32. The molecule has 4 aromatic rings. The van der Waals surface area contributed by atoms with Gasteiger partial charge in [0.15, 0.2) is 6.10 Å².